The van der Waals surface area contributed by atoms with E-state index in [9.17, 15) is 31.9 Å². The van der Waals surface area contributed by atoms with Gasteiger partial charge in [0.25, 0.3) is 5.91 Å². The number of aromatic nitrogens is 1. The lowest BCUT2D eigenvalue weighted by atomic mass is 9.78. The number of hydrogen-bond donors (Lipinski definition) is 1. The first-order valence-corrected chi connectivity index (χ1v) is 13.9. The van der Waals surface area contributed by atoms with Gasteiger partial charge in [-0.15, -0.1) is 0 Å². The third-order valence-corrected chi connectivity index (χ3v) is 7.16. The van der Waals surface area contributed by atoms with E-state index in [-0.39, 0.29) is 29.0 Å². The Labute approximate surface area is 252 Å². The fourth-order valence-electron chi connectivity index (χ4n) is 4.91. The zero-order valence-electron chi connectivity index (χ0n) is 24.7. The van der Waals surface area contributed by atoms with Crippen LogP contribution >= 0.6 is 0 Å². The second-order valence-electron chi connectivity index (χ2n) is 10.2. The smallest absolute Gasteiger partial charge is 0.416 e. The molecule has 3 rings (SSSR count). The molecule has 8 nitrogen and oxygen atoms in total. The second kappa shape index (κ2) is 15.3. The first-order valence-electron chi connectivity index (χ1n) is 13.9. The summed E-state index contributed by atoms with van der Waals surface area (Å²) in [6, 6.07) is 12.2. The van der Waals surface area contributed by atoms with Crippen LogP contribution < -0.4 is 14.8 Å². The maximum atomic E-state index is 13.6. The number of nitrogens with zero attached hydrogens (tertiary/aromatic N) is 1. The molecular weight excluding hydrogens is 584 g/mol. The summed E-state index contributed by atoms with van der Waals surface area (Å²) in [5, 5.41) is 2.41. The number of alkyl halides is 3. The number of methoxy groups -OCH3 is 1. The highest BCUT2D eigenvalue weighted by molar-refractivity contribution is 5.98. The summed E-state index contributed by atoms with van der Waals surface area (Å²) in [5.41, 5.74) is 0.470. The molecule has 0 radical (unpaired) electrons. The molecule has 0 bridgehead atoms. The van der Waals surface area contributed by atoms with Gasteiger partial charge in [-0.2, -0.15) is 13.2 Å². The molecule has 3 atom stereocenters. The normalized spacial score (nSPS) is 13.4. The number of rotatable bonds is 13. The molecule has 0 fully saturated rings. The molecule has 0 aliphatic carbocycles. The summed E-state index contributed by atoms with van der Waals surface area (Å²) in [6.45, 7) is 4.26. The van der Waals surface area contributed by atoms with Gasteiger partial charge < -0.3 is 19.5 Å². The molecule has 1 amide bonds. The van der Waals surface area contributed by atoms with E-state index >= 15 is 0 Å². The van der Waals surface area contributed by atoms with Crippen LogP contribution in [0.15, 0.2) is 60.8 Å². The summed E-state index contributed by atoms with van der Waals surface area (Å²) in [5.74, 6) is -3.19. The molecule has 1 heterocycles. The van der Waals surface area contributed by atoms with Crippen LogP contribution in [0.2, 0.25) is 0 Å². The van der Waals surface area contributed by atoms with Crippen molar-refractivity contribution in [2.45, 2.75) is 52.3 Å². The maximum Gasteiger partial charge on any atom is 0.416 e. The van der Waals surface area contributed by atoms with Crippen LogP contribution in [0.4, 0.5) is 17.6 Å². The van der Waals surface area contributed by atoms with Crippen LogP contribution in [0.5, 0.6) is 11.5 Å². The number of halogens is 4. The van der Waals surface area contributed by atoms with Crippen molar-refractivity contribution < 1.29 is 46.2 Å². The Morgan fingerprint density at radius 3 is 2.14 bits per heavy atom. The molecule has 12 heteroatoms. The summed E-state index contributed by atoms with van der Waals surface area (Å²) >= 11 is 0. The molecule has 3 aromatic rings. The number of esters is 2. The van der Waals surface area contributed by atoms with Gasteiger partial charge in [0.1, 0.15) is 18.5 Å². The van der Waals surface area contributed by atoms with E-state index in [1.165, 1.54) is 43.6 Å². The predicted octanol–water partition coefficient (Wildman–Crippen LogP) is 5.96. The SMILES string of the molecule is CC[C@H](Cc1ccc(C(F)(F)F)cc1)[C@@H](Cc1ccc(F)cc1)[C@H](C)OC(=O)CNC(=O)c1nccc(OC)c1OC(C)=O. The number of carbonyl (C=O) groups is 3. The van der Waals surface area contributed by atoms with E-state index in [1.54, 1.807) is 19.1 Å². The van der Waals surface area contributed by atoms with Crippen molar-refractivity contribution in [3.05, 3.63) is 89.0 Å². The van der Waals surface area contributed by atoms with Gasteiger partial charge in [-0.25, -0.2) is 9.37 Å². The highest BCUT2D eigenvalue weighted by Crippen LogP contribution is 2.33. The monoisotopic (exact) mass is 618 g/mol. The molecule has 44 heavy (non-hydrogen) atoms. The van der Waals surface area contributed by atoms with Crippen molar-refractivity contribution in [1.29, 1.82) is 0 Å². The Bertz CT molecular complexity index is 1430. The number of nitrogens with one attached hydrogen (secondary N) is 1. The molecule has 0 unspecified atom stereocenters. The van der Waals surface area contributed by atoms with Crippen molar-refractivity contribution >= 4 is 17.8 Å². The Hall–Kier alpha value is -4.48. The average molecular weight is 619 g/mol. The van der Waals surface area contributed by atoms with E-state index in [4.69, 9.17) is 14.2 Å². The van der Waals surface area contributed by atoms with E-state index < -0.39 is 48.1 Å². The molecule has 2 aromatic carbocycles. The lowest BCUT2D eigenvalue weighted by molar-refractivity contribution is -0.150. The molecule has 236 valence electrons. The third-order valence-electron chi connectivity index (χ3n) is 7.16. The molecule has 0 saturated heterocycles. The van der Waals surface area contributed by atoms with Crippen molar-refractivity contribution in [3.63, 3.8) is 0 Å². The molecule has 1 N–H and O–H groups in total. The summed E-state index contributed by atoms with van der Waals surface area (Å²) in [6.07, 6.45) is -2.42. The fraction of sp³-hybridized carbons (Fsp3) is 0.375. The van der Waals surface area contributed by atoms with Crippen LogP contribution in [0.25, 0.3) is 0 Å². The molecule has 0 saturated carbocycles. The fourth-order valence-corrected chi connectivity index (χ4v) is 4.91. The van der Waals surface area contributed by atoms with Crippen LogP contribution in [0, 0.1) is 17.7 Å². The lowest BCUT2D eigenvalue weighted by Gasteiger charge is -2.31. The zero-order valence-corrected chi connectivity index (χ0v) is 24.7. The summed E-state index contributed by atoms with van der Waals surface area (Å²) < 4.78 is 68.7. The number of ether oxygens (including phenoxy) is 3. The van der Waals surface area contributed by atoms with Crippen LogP contribution in [0.3, 0.4) is 0 Å². The van der Waals surface area contributed by atoms with Crippen molar-refractivity contribution in [3.8, 4) is 11.5 Å². The van der Waals surface area contributed by atoms with Crippen molar-refractivity contribution in [2.75, 3.05) is 13.7 Å². The number of pyridine rings is 1. The molecule has 0 aliphatic rings. The van der Waals surface area contributed by atoms with E-state index in [0.717, 1.165) is 24.6 Å². The number of hydrogen-bond acceptors (Lipinski definition) is 7. The maximum absolute atomic E-state index is 13.6. The molecule has 0 spiro atoms. The minimum absolute atomic E-state index is 0.0961. The Morgan fingerprint density at radius 1 is 0.955 bits per heavy atom. The first kappa shape index (κ1) is 34.0. The van der Waals surface area contributed by atoms with Gasteiger partial charge in [0.05, 0.1) is 12.7 Å². The molecule has 1 aromatic heterocycles. The zero-order chi connectivity index (χ0) is 32.4. The topological polar surface area (TPSA) is 104 Å². The largest absolute Gasteiger partial charge is 0.493 e. The molecular formula is C32H34F4N2O6. The highest BCUT2D eigenvalue weighted by Gasteiger charge is 2.32. The molecule has 0 aliphatic heterocycles. The Balaban J connectivity index is 1.75. The minimum atomic E-state index is -4.45. The van der Waals surface area contributed by atoms with E-state index in [2.05, 4.69) is 10.3 Å². The van der Waals surface area contributed by atoms with Gasteiger partial charge in [0.15, 0.2) is 11.4 Å². The van der Waals surface area contributed by atoms with Gasteiger partial charge in [-0.05, 0) is 61.1 Å². The quantitative estimate of drug-likeness (QED) is 0.186. The lowest BCUT2D eigenvalue weighted by Crippen LogP contribution is -2.37. The van der Waals surface area contributed by atoms with Crippen LogP contribution in [0.1, 0.15) is 54.4 Å². The van der Waals surface area contributed by atoms with Gasteiger partial charge in [-0.1, -0.05) is 37.6 Å². The number of carbonyl (C=O) groups excluding carboxylic acids is 3. The summed E-state index contributed by atoms with van der Waals surface area (Å²) in [4.78, 5) is 41.1. The third kappa shape index (κ3) is 9.51. The average Bonchev–Trinajstić information content (AvgIpc) is 2.98. The Kier molecular flexibility index (Phi) is 11.8. The number of benzene rings is 2. The van der Waals surface area contributed by atoms with Crippen molar-refractivity contribution in [2.24, 2.45) is 11.8 Å². The Morgan fingerprint density at radius 2 is 1.57 bits per heavy atom. The van der Waals surface area contributed by atoms with E-state index in [0.29, 0.717) is 24.8 Å². The summed E-state index contributed by atoms with van der Waals surface area (Å²) in [7, 11) is 1.33. The standard InChI is InChI=1S/C32H34F4N2O6/c1-5-23(16-21-6-10-24(11-7-21)32(34,35)36)26(17-22-8-12-25(33)13-9-22)19(2)43-28(40)18-38-31(41)29-30(44-20(3)39)27(42-4)14-15-37-29/h6-15,19,23,26H,5,16-18H2,1-4H3,(H,38,41)/t19-,23+,26-/m0/s1. The first-order chi connectivity index (χ1) is 20.8. The van der Waals surface area contributed by atoms with Gasteiger partial charge in [-0.3, -0.25) is 14.4 Å². The second-order valence-corrected chi connectivity index (χ2v) is 10.2. The van der Waals surface area contributed by atoms with E-state index in [1.807, 2.05) is 6.92 Å². The van der Waals surface area contributed by atoms with Crippen LogP contribution in [-0.4, -0.2) is 42.6 Å². The van der Waals surface area contributed by atoms with Crippen molar-refractivity contribution in [1.82, 2.24) is 10.3 Å². The van der Waals surface area contributed by atoms with Gasteiger partial charge in [0.2, 0.25) is 5.75 Å². The predicted molar refractivity (Wildman–Crippen MR) is 153 cm³/mol. The van der Waals surface area contributed by atoms with Gasteiger partial charge in [0, 0.05) is 25.1 Å². The van der Waals surface area contributed by atoms with Gasteiger partial charge >= 0.3 is 18.1 Å². The number of amides is 1. The van der Waals surface area contributed by atoms with Crippen LogP contribution in [-0.2, 0) is 33.3 Å². The highest BCUT2D eigenvalue weighted by atomic mass is 19.4. The minimum Gasteiger partial charge on any atom is -0.493 e.